The van der Waals surface area contributed by atoms with E-state index in [-0.39, 0.29) is 23.4 Å². The zero-order chi connectivity index (χ0) is 19.2. The fourth-order valence-electron chi connectivity index (χ4n) is 3.48. The zero-order valence-corrected chi connectivity index (χ0v) is 15.2. The van der Waals surface area contributed by atoms with Crippen molar-refractivity contribution in [1.82, 2.24) is 4.98 Å². The van der Waals surface area contributed by atoms with Crippen molar-refractivity contribution in [3.8, 4) is 11.5 Å². The average molecular weight is 364 g/mol. The van der Waals surface area contributed by atoms with Crippen molar-refractivity contribution in [1.29, 1.82) is 0 Å². The van der Waals surface area contributed by atoms with Crippen LogP contribution in [0.2, 0.25) is 0 Å². The highest BCUT2D eigenvalue weighted by atomic mass is 16.3. The summed E-state index contributed by atoms with van der Waals surface area (Å²) < 4.78 is 0. The second-order valence-electron chi connectivity index (χ2n) is 6.70. The van der Waals surface area contributed by atoms with Crippen molar-refractivity contribution in [2.45, 2.75) is 38.1 Å². The number of benzene rings is 1. The standard InChI is InChI=1S/C22H24N2O3/c1-2-16(17-11-12-19(25)20(26)14-17)15-22(27)24(18-8-4-3-5-9-18)21-10-6-7-13-23-21/h2,6-7,10-15,18,25-26H,1,3-5,8-9H2/b16-15+. The average Bonchev–Trinajstić information content (AvgIpc) is 2.70. The molecule has 5 heteroatoms. The lowest BCUT2D eigenvalue weighted by Crippen LogP contribution is -2.41. The summed E-state index contributed by atoms with van der Waals surface area (Å²) in [6, 6.07) is 10.1. The van der Waals surface area contributed by atoms with Crippen molar-refractivity contribution in [3.05, 3.63) is 66.9 Å². The maximum atomic E-state index is 13.2. The van der Waals surface area contributed by atoms with Gasteiger partial charge in [0.05, 0.1) is 0 Å². The first-order valence-electron chi connectivity index (χ1n) is 9.21. The number of amides is 1. The molecule has 0 bridgehead atoms. The Morgan fingerprint density at radius 2 is 1.89 bits per heavy atom. The summed E-state index contributed by atoms with van der Waals surface area (Å²) >= 11 is 0. The molecule has 1 aromatic carbocycles. The van der Waals surface area contributed by atoms with Gasteiger partial charge in [-0.25, -0.2) is 4.98 Å². The van der Waals surface area contributed by atoms with Crippen LogP contribution in [-0.2, 0) is 4.79 Å². The highest BCUT2D eigenvalue weighted by Crippen LogP contribution is 2.30. The number of anilines is 1. The van der Waals surface area contributed by atoms with Gasteiger partial charge in [-0.3, -0.25) is 9.69 Å². The van der Waals surface area contributed by atoms with E-state index in [0.717, 1.165) is 25.7 Å². The van der Waals surface area contributed by atoms with Crippen LogP contribution >= 0.6 is 0 Å². The molecule has 0 aliphatic heterocycles. The Balaban J connectivity index is 1.95. The van der Waals surface area contributed by atoms with Gasteiger partial charge in [0.2, 0.25) is 0 Å². The minimum absolute atomic E-state index is 0.122. The first-order valence-corrected chi connectivity index (χ1v) is 9.21. The van der Waals surface area contributed by atoms with E-state index in [1.165, 1.54) is 24.6 Å². The Morgan fingerprint density at radius 3 is 2.52 bits per heavy atom. The number of pyridine rings is 1. The topological polar surface area (TPSA) is 73.7 Å². The molecular weight excluding hydrogens is 340 g/mol. The van der Waals surface area contributed by atoms with E-state index in [1.807, 2.05) is 18.2 Å². The summed E-state index contributed by atoms with van der Waals surface area (Å²) in [6.45, 7) is 3.79. The second-order valence-corrected chi connectivity index (χ2v) is 6.70. The van der Waals surface area contributed by atoms with E-state index >= 15 is 0 Å². The van der Waals surface area contributed by atoms with Crippen molar-refractivity contribution < 1.29 is 15.0 Å². The van der Waals surface area contributed by atoms with Crippen LogP contribution in [0, 0.1) is 0 Å². The van der Waals surface area contributed by atoms with E-state index in [9.17, 15) is 15.0 Å². The lowest BCUT2D eigenvalue weighted by molar-refractivity contribution is -0.114. The molecule has 0 spiro atoms. The molecule has 1 saturated carbocycles. The number of carbonyl (C=O) groups is 1. The fourth-order valence-corrected chi connectivity index (χ4v) is 3.48. The number of aromatic nitrogens is 1. The number of carbonyl (C=O) groups excluding carboxylic acids is 1. The molecule has 27 heavy (non-hydrogen) atoms. The number of phenolic OH excluding ortho intramolecular Hbond substituents is 2. The number of hydrogen-bond acceptors (Lipinski definition) is 4. The first kappa shape index (κ1) is 18.7. The van der Waals surface area contributed by atoms with Gasteiger partial charge < -0.3 is 10.2 Å². The summed E-state index contributed by atoms with van der Waals surface area (Å²) in [5, 5.41) is 19.3. The molecule has 1 aromatic heterocycles. The van der Waals surface area contributed by atoms with E-state index in [2.05, 4.69) is 11.6 Å². The first-order chi connectivity index (χ1) is 13.1. The normalized spacial score (nSPS) is 15.3. The maximum absolute atomic E-state index is 13.2. The van der Waals surface area contributed by atoms with Gasteiger partial charge in [0, 0.05) is 18.3 Å². The van der Waals surface area contributed by atoms with Crippen molar-refractivity contribution in [3.63, 3.8) is 0 Å². The highest BCUT2D eigenvalue weighted by Gasteiger charge is 2.26. The second kappa shape index (κ2) is 8.54. The van der Waals surface area contributed by atoms with Crippen molar-refractivity contribution >= 4 is 17.3 Å². The van der Waals surface area contributed by atoms with Crippen LogP contribution in [0.4, 0.5) is 5.82 Å². The van der Waals surface area contributed by atoms with Crippen LogP contribution in [0.3, 0.4) is 0 Å². The van der Waals surface area contributed by atoms with E-state index in [4.69, 9.17) is 0 Å². The predicted molar refractivity (Wildman–Crippen MR) is 107 cm³/mol. The van der Waals surface area contributed by atoms with E-state index in [1.54, 1.807) is 23.2 Å². The SMILES string of the molecule is C=C/C(=C\C(=O)N(c1ccccn1)C1CCCCC1)c1ccc(O)c(O)c1. The third kappa shape index (κ3) is 4.37. The Hall–Kier alpha value is -3.08. The van der Waals surface area contributed by atoms with Gasteiger partial charge in [-0.05, 0) is 48.2 Å². The summed E-state index contributed by atoms with van der Waals surface area (Å²) in [6.07, 6.45) is 10.1. The maximum Gasteiger partial charge on any atom is 0.253 e. The third-order valence-corrected chi connectivity index (χ3v) is 4.88. The molecule has 3 rings (SSSR count). The minimum atomic E-state index is -0.235. The van der Waals surface area contributed by atoms with Gasteiger partial charge in [-0.15, -0.1) is 0 Å². The molecule has 1 amide bonds. The van der Waals surface area contributed by atoms with Gasteiger partial charge in [0.1, 0.15) is 5.82 Å². The number of nitrogens with zero attached hydrogens (tertiary/aromatic N) is 2. The lowest BCUT2D eigenvalue weighted by Gasteiger charge is -2.33. The Morgan fingerprint density at radius 1 is 1.11 bits per heavy atom. The summed E-state index contributed by atoms with van der Waals surface area (Å²) in [4.78, 5) is 19.3. The molecule has 5 nitrogen and oxygen atoms in total. The molecule has 1 aliphatic rings. The molecule has 140 valence electrons. The number of phenols is 2. The van der Waals surface area contributed by atoms with Gasteiger partial charge in [0.25, 0.3) is 5.91 Å². The monoisotopic (exact) mass is 364 g/mol. The van der Waals surface area contributed by atoms with Crippen LogP contribution in [0.1, 0.15) is 37.7 Å². The number of allylic oxidation sites excluding steroid dienone is 2. The van der Waals surface area contributed by atoms with E-state index in [0.29, 0.717) is 17.0 Å². The van der Waals surface area contributed by atoms with Crippen molar-refractivity contribution in [2.75, 3.05) is 4.90 Å². The molecule has 0 radical (unpaired) electrons. The van der Waals surface area contributed by atoms with Crippen LogP contribution in [0.25, 0.3) is 5.57 Å². The number of hydrogen-bond donors (Lipinski definition) is 2. The van der Waals surface area contributed by atoms with Gasteiger partial charge >= 0.3 is 0 Å². The molecule has 1 heterocycles. The summed E-state index contributed by atoms with van der Waals surface area (Å²) in [5.41, 5.74) is 1.19. The summed E-state index contributed by atoms with van der Waals surface area (Å²) in [7, 11) is 0. The highest BCUT2D eigenvalue weighted by molar-refractivity contribution is 6.06. The molecule has 2 aromatic rings. The Kier molecular flexibility index (Phi) is 5.91. The quantitative estimate of drug-likeness (QED) is 0.468. The number of aromatic hydroxyl groups is 2. The smallest absolute Gasteiger partial charge is 0.253 e. The van der Waals surface area contributed by atoms with Crippen molar-refractivity contribution in [2.24, 2.45) is 0 Å². The molecule has 0 unspecified atom stereocenters. The van der Waals surface area contributed by atoms with Crippen LogP contribution in [0.15, 0.2) is 61.3 Å². The molecule has 1 aliphatic carbocycles. The third-order valence-electron chi connectivity index (χ3n) is 4.88. The molecular formula is C22H24N2O3. The molecule has 2 N–H and O–H groups in total. The van der Waals surface area contributed by atoms with Gasteiger partial charge in [-0.2, -0.15) is 0 Å². The lowest BCUT2D eigenvalue weighted by atomic mass is 9.93. The summed E-state index contributed by atoms with van der Waals surface area (Å²) in [5.74, 6) is 0.0399. The number of rotatable bonds is 5. The molecule has 0 saturated heterocycles. The van der Waals surface area contributed by atoms with Crippen LogP contribution in [0.5, 0.6) is 11.5 Å². The van der Waals surface area contributed by atoms with Crippen LogP contribution in [-0.4, -0.2) is 27.1 Å². The van der Waals surface area contributed by atoms with Crippen LogP contribution < -0.4 is 4.90 Å². The van der Waals surface area contributed by atoms with E-state index < -0.39 is 0 Å². The van der Waals surface area contributed by atoms with Gasteiger partial charge in [0.15, 0.2) is 11.5 Å². The Labute approximate surface area is 159 Å². The molecule has 0 atom stereocenters. The Bertz CT molecular complexity index is 840. The fraction of sp³-hybridized carbons (Fsp3) is 0.273. The predicted octanol–water partition coefficient (Wildman–Crippen LogP) is 4.43. The zero-order valence-electron chi connectivity index (χ0n) is 15.2. The molecule has 1 fully saturated rings. The largest absolute Gasteiger partial charge is 0.504 e. The van der Waals surface area contributed by atoms with Gasteiger partial charge in [-0.1, -0.05) is 44.1 Å². The minimum Gasteiger partial charge on any atom is -0.504 e.